The average molecular weight is 381 g/mol. The number of anilines is 1. The van der Waals surface area contributed by atoms with Crippen molar-refractivity contribution in [2.24, 2.45) is 0 Å². The maximum atomic E-state index is 12.4. The summed E-state index contributed by atoms with van der Waals surface area (Å²) in [4.78, 5) is 33.3. The normalized spacial score (nSPS) is 10.5. The quantitative estimate of drug-likeness (QED) is 0.508. The van der Waals surface area contributed by atoms with E-state index in [1.807, 2.05) is 31.2 Å². The number of nitro benzene ring substituents is 2. The Morgan fingerprint density at radius 3 is 2.11 bits per heavy atom. The summed E-state index contributed by atoms with van der Waals surface area (Å²) < 4.78 is 0. The highest BCUT2D eigenvalue weighted by Gasteiger charge is 2.24. The number of rotatable bonds is 5. The number of nitro groups is 2. The zero-order valence-corrected chi connectivity index (χ0v) is 14.9. The summed E-state index contributed by atoms with van der Waals surface area (Å²) >= 11 is 0. The molecule has 0 fully saturated rings. The van der Waals surface area contributed by atoms with E-state index >= 15 is 0 Å². The van der Waals surface area contributed by atoms with E-state index in [1.165, 1.54) is 13.0 Å². The number of nitrogens with one attached hydrogen (secondary N) is 2. The van der Waals surface area contributed by atoms with Gasteiger partial charge in [-0.1, -0.05) is 29.8 Å². The number of benzene rings is 2. The van der Waals surface area contributed by atoms with Crippen molar-refractivity contribution in [3.63, 3.8) is 0 Å². The molecule has 0 aliphatic carbocycles. The zero-order valence-electron chi connectivity index (χ0n) is 14.9. The molecular formula is C18H15N5O5. The van der Waals surface area contributed by atoms with Gasteiger partial charge in [0.05, 0.1) is 21.2 Å². The highest BCUT2D eigenvalue weighted by molar-refractivity contribution is 6.03. The molecule has 0 atom stereocenters. The second-order valence-corrected chi connectivity index (χ2v) is 6.14. The van der Waals surface area contributed by atoms with Crippen molar-refractivity contribution in [3.8, 4) is 11.3 Å². The van der Waals surface area contributed by atoms with Crippen LogP contribution in [-0.2, 0) is 0 Å². The molecule has 0 aliphatic heterocycles. The molecule has 0 radical (unpaired) electrons. The van der Waals surface area contributed by atoms with Gasteiger partial charge in [-0.25, -0.2) is 0 Å². The molecular weight excluding hydrogens is 366 g/mol. The average Bonchev–Trinajstić information content (AvgIpc) is 3.13. The number of nitrogens with zero attached hydrogens (tertiary/aromatic N) is 3. The minimum atomic E-state index is -0.732. The minimum absolute atomic E-state index is 0.0551. The van der Waals surface area contributed by atoms with E-state index in [2.05, 4.69) is 15.5 Å². The Hall–Kier alpha value is -4.08. The number of aromatic nitrogens is 2. The molecule has 0 bridgehead atoms. The molecule has 142 valence electrons. The second kappa shape index (κ2) is 7.27. The fourth-order valence-corrected chi connectivity index (χ4v) is 2.64. The Labute approximate surface area is 158 Å². The first kappa shape index (κ1) is 18.7. The number of aryl methyl sites for hydroxylation is 1. The van der Waals surface area contributed by atoms with Crippen molar-refractivity contribution < 1.29 is 14.6 Å². The van der Waals surface area contributed by atoms with Gasteiger partial charge in [-0.15, -0.1) is 0 Å². The van der Waals surface area contributed by atoms with E-state index in [4.69, 9.17) is 0 Å². The number of H-pyrrole nitrogens is 1. The Kier molecular flexibility index (Phi) is 4.86. The van der Waals surface area contributed by atoms with Crippen LogP contribution in [0.25, 0.3) is 11.3 Å². The van der Waals surface area contributed by atoms with Gasteiger partial charge in [0.1, 0.15) is 11.3 Å². The summed E-state index contributed by atoms with van der Waals surface area (Å²) in [6.45, 7) is 3.23. The minimum Gasteiger partial charge on any atom is -0.320 e. The molecule has 1 aromatic heterocycles. The molecule has 1 amide bonds. The van der Waals surface area contributed by atoms with E-state index in [0.717, 1.165) is 23.3 Å². The Morgan fingerprint density at radius 1 is 1.00 bits per heavy atom. The van der Waals surface area contributed by atoms with Gasteiger partial charge < -0.3 is 5.32 Å². The lowest BCUT2D eigenvalue weighted by molar-refractivity contribution is -0.395. The number of carbonyl (C=O) groups is 1. The lowest BCUT2D eigenvalue weighted by Crippen LogP contribution is -2.13. The van der Waals surface area contributed by atoms with Gasteiger partial charge in [0.15, 0.2) is 0 Å². The molecule has 28 heavy (non-hydrogen) atoms. The molecule has 0 saturated heterocycles. The third-order valence-corrected chi connectivity index (χ3v) is 4.17. The lowest BCUT2D eigenvalue weighted by atomic mass is 10.1. The third-order valence-electron chi connectivity index (χ3n) is 4.17. The molecule has 3 rings (SSSR count). The molecule has 2 aromatic carbocycles. The van der Waals surface area contributed by atoms with Crippen LogP contribution in [0, 0.1) is 34.1 Å². The molecule has 3 aromatic rings. The first-order valence-corrected chi connectivity index (χ1v) is 8.13. The Bertz CT molecular complexity index is 1050. The van der Waals surface area contributed by atoms with Gasteiger partial charge in [-0.3, -0.25) is 30.1 Å². The standard InChI is InChI=1S/C18H15N5O5/c1-10-3-5-12(6-4-10)14-9-15(21-20-14)18(24)19-13-7-16(22(25)26)11(2)17(8-13)23(27)28/h3-9H,1-2H3,(H,19,24)(H,20,21). The van der Waals surface area contributed by atoms with E-state index in [0.29, 0.717) is 5.69 Å². The Morgan fingerprint density at radius 2 is 1.57 bits per heavy atom. The number of aromatic amines is 1. The number of amides is 1. The fourth-order valence-electron chi connectivity index (χ4n) is 2.64. The summed E-state index contributed by atoms with van der Waals surface area (Å²) in [5.41, 5.74) is 1.51. The van der Waals surface area contributed by atoms with Crippen LogP contribution in [0.2, 0.25) is 0 Å². The first-order valence-electron chi connectivity index (χ1n) is 8.13. The van der Waals surface area contributed by atoms with Crippen LogP contribution in [0.3, 0.4) is 0 Å². The van der Waals surface area contributed by atoms with Crippen LogP contribution in [0.15, 0.2) is 42.5 Å². The maximum Gasteiger partial charge on any atom is 0.281 e. The predicted molar refractivity (Wildman–Crippen MR) is 101 cm³/mol. The van der Waals surface area contributed by atoms with Gasteiger partial charge in [0.25, 0.3) is 17.3 Å². The van der Waals surface area contributed by atoms with Crippen LogP contribution in [-0.4, -0.2) is 26.0 Å². The lowest BCUT2D eigenvalue weighted by Gasteiger charge is -2.06. The largest absolute Gasteiger partial charge is 0.320 e. The van der Waals surface area contributed by atoms with E-state index in [9.17, 15) is 25.0 Å². The van der Waals surface area contributed by atoms with E-state index in [1.54, 1.807) is 0 Å². The molecule has 2 N–H and O–H groups in total. The fraction of sp³-hybridized carbons (Fsp3) is 0.111. The number of carbonyl (C=O) groups excluding carboxylic acids is 1. The summed E-state index contributed by atoms with van der Waals surface area (Å²) in [6, 6.07) is 11.2. The molecule has 0 spiro atoms. The van der Waals surface area contributed by atoms with Crippen molar-refractivity contribution >= 4 is 23.0 Å². The van der Waals surface area contributed by atoms with Crippen LogP contribution in [0.1, 0.15) is 21.6 Å². The van der Waals surface area contributed by atoms with Crippen LogP contribution >= 0.6 is 0 Å². The zero-order chi connectivity index (χ0) is 20.4. The van der Waals surface area contributed by atoms with Crippen molar-refractivity contribution in [1.29, 1.82) is 0 Å². The van der Waals surface area contributed by atoms with Crippen molar-refractivity contribution in [2.75, 3.05) is 5.32 Å². The van der Waals surface area contributed by atoms with Crippen molar-refractivity contribution in [2.45, 2.75) is 13.8 Å². The Balaban J connectivity index is 1.88. The number of hydrogen-bond donors (Lipinski definition) is 2. The maximum absolute atomic E-state index is 12.4. The summed E-state index contributed by atoms with van der Waals surface area (Å²) in [5.74, 6) is -0.627. The van der Waals surface area contributed by atoms with Crippen LogP contribution < -0.4 is 5.32 Å². The van der Waals surface area contributed by atoms with Crippen molar-refractivity contribution in [1.82, 2.24) is 10.2 Å². The summed E-state index contributed by atoms with van der Waals surface area (Å²) in [7, 11) is 0. The first-order chi connectivity index (χ1) is 13.3. The number of hydrogen-bond acceptors (Lipinski definition) is 6. The summed E-state index contributed by atoms with van der Waals surface area (Å²) in [5, 5.41) is 31.4. The molecule has 0 aliphatic rings. The van der Waals surface area contributed by atoms with Gasteiger partial charge in [0, 0.05) is 17.7 Å². The van der Waals surface area contributed by atoms with Crippen LogP contribution in [0.5, 0.6) is 0 Å². The second-order valence-electron chi connectivity index (χ2n) is 6.14. The monoisotopic (exact) mass is 381 g/mol. The van der Waals surface area contributed by atoms with Crippen LogP contribution in [0.4, 0.5) is 17.1 Å². The molecule has 0 saturated carbocycles. The van der Waals surface area contributed by atoms with Gasteiger partial charge >= 0.3 is 0 Å². The predicted octanol–water partition coefficient (Wildman–Crippen LogP) is 3.76. The highest BCUT2D eigenvalue weighted by Crippen LogP contribution is 2.32. The highest BCUT2D eigenvalue weighted by atomic mass is 16.6. The SMILES string of the molecule is Cc1ccc(-c2cc(C(=O)Nc3cc([N+](=O)[O-])c(C)c([N+](=O)[O-])c3)[nH]n2)cc1. The molecule has 0 unspecified atom stereocenters. The van der Waals surface area contributed by atoms with Gasteiger partial charge in [-0.05, 0) is 19.9 Å². The molecule has 10 heteroatoms. The summed E-state index contributed by atoms with van der Waals surface area (Å²) in [6.07, 6.45) is 0. The van der Waals surface area contributed by atoms with E-state index < -0.39 is 27.1 Å². The smallest absolute Gasteiger partial charge is 0.281 e. The van der Waals surface area contributed by atoms with Gasteiger partial charge in [0.2, 0.25) is 0 Å². The van der Waals surface area contributed by atoms with Gasteiger partial charge in [-0.2, -0.15) is 5.10 Å². The molecule has 1 heterocycles. The third kappa shape index (κ3) is 3.70. The topological polar surface area (TPSA) is 144 Å². The van der Waals surface area contributed by atoms with Crippen molar-refractivity contribution in [3.05, 3.63) is 79.5 Å². The molecule has 10 nitrogen and oxygen atoms in total. The van der Waals surface area contributed by atoms with E-state index in [-0.39, 0.29) is 16.9 Å².